The number of carbonyl (C=O) groups is 1. The first kappa shape index (κ1) is 16.9. The van der Waals surface area contributed by atoms with E-state index in [-0.39, 0.29) is 5.91 Å². The topological polar surface area (TPSA) is 51.1 Å². The van der Waals surface area contributed by atoms with Crippen molar-refractivity contribution in [2.45, 2.75) is 19.8 Å². The van der Waals surface area contributed by atoms with Crippen LogP contribution in [0.1, 0.15) is 25.3 Å². The predicted molar refractivity (Wildman–Crippen MR) is 97.5 cm³/mol. The summed E-state index contributed by atoms with van der Waals surface area (Å²) in [6.07, 6.45) is 4.24. The molecule has 0 saturated carbocycles. The molecule has 2 aliphatic heterocycles. The number of amidine groups is 1. The number of thioether (sulfide) groups is 1. The first-order chi connectivity index (χ1) is 11.6. The number of hydrogen-bond donors (Lipinski definition) is 0. The molecule has 1 unspecified atom stereocenters. The van der Waals surface area contributed by atoms with Crippen molar-refractivity contribution < 1.29 is 14.3 Å². The number of benzene rings is 1. The lowest BCUT2D eigenvalue weighted by atomic mass is 10.0. The van der Waals surface area contributed by atoms with Crippen molar-refractivity contribution in [2.24, 2.45) is 10.9 Å². The van der Waals surface area contributed by atoms with E-state index in [2.05, 4.69) is 16.8 Å². The maximum atomic E-state index is 12.3. The second-order valence-corrected chi connectivity index (χ2v) is 7.12. The smallest absolute Gasteiger partial charge is 0.286 e. The molecule has 3 rings (SSSR count). The Morgan fingerprint density at radius 3 is 2.88 bits per heavy atom. The Morgan fingerprint density at radius 1 is 1.33 bits per heavy atom. The number of ether oxygens (including phenoxy) is 2. The highest BCUT2D eigenvalue weighted by Gasteiger charge is 2.28. The molecule has 2 aliphatic rings. The number of nitrogens with zero attached hydrogens (tertiary/aromatic N) is 2. The van der Waals surface area contributed by atoms with Crippen LogP contribution in [0, 0.1) is 5.92 Å². The zero-order valence-corrected chi connectivity index (χ0v) is 15.1. The Labute approximate surface area is 146 Å². The van der Waals surface area contributed by atoms with Crippen molar-refractivity contribution in [3.63, 3.8) is 0 Å². The van der Waals surface area contributed by atoms with E-state index in [0.29, 0.717) is 16.6 Å². The average Bonchev–Trinajstić information content (AvgIpc) is 2.96. The molecule has 0 aromatic heterocycles. The fourth-order valence-electron chi connectivity index (χ4n) is 2.98. The van der Waals surface area contributed by atoms with Gasteiger partial charge in [-0.2, -0.15) is 4.99 Å². The number of carbonyl (C=O) groups excluding carboxylic acids is 1. The maximum absolute atomic E-state index is 12.3. The summed E-state index contributed by atoms with van der Waals surface area (Å²) < 4.78 is 10.6. The SMILES string of the molecule is COc1ccc(C=C2SC(N3CCCC(C)C3)=NC2=O)c(OC)c1. The van der Waals surface area contributed by atoms with Gasteiger partial charge < -0.3 is 14.4 Å². The summed E-state index contributed by atoms with van der Waals surface area (Å²) >= 11 is 1.45. The van der Waals surface area contributed by atoms with E-state index in [4.69, 9.17) is 9.47 Å². The third-order valence-corrected chi connectivity index (χ3v) is 5.31. The van der Waals surface area contributed by atoms with Crippen LogP contribution in [0.4, 0.5) is 0 Å². The minimum atomic E-state index is -0.175. The molecule has 0 N–H and O–H groups in total. The quantitative estimate of drug-likeness (QED) is 0.785. The molecule has 1 amide bonds. The van der Waals surface area contributed by atoms with Crippen LogP contribution in [-0.4, -0.2) is 43.3 Å². The van der Waals surface area contributed by atoms with E-state index in [1.807, 2.05) is 24.3 Å². The zero-order valence-electron chi connectivity index (χ0n) is 14.2. The van der Waals surface area contributed by atoms with Crippen molar-refractivity contribution >= 4 is 28.9 Å². The molecule has 5 nitrogen and oxygen atoms in total. The van der Waals surface area contributed by atoms with Gasteiger partial charge in [0.05, 0.1) is 19.1 Å². The van der Waals surface area contributed by atoms with Gasteiger partial charge in [0, 0.05) is 24.7 Å². The molecule has 0 radical (unpaired) electrons. The second kappa shape index (κ2) is 7.30. The first-order valence-corrected chi connectivity index (χ1v) is 8.92. The van der Waals surface area contributed by atoms with Crippen LogP contribution in [0.2, 0.25) is 0 Å². The van der Waals surface area contributed by atoms with Gasteiger partial charge in [-0.1, -0.05) is 6.92 Å². The van der Waals surface area contributed by atoms with E-state index >= 15 is 0 Å². The van der Waals surface area contributed by atoms with Crippen molar-refractivity contribution in [3.8, 4) is 11.5 Å². The predicted octanol–water partition coefficient (Wildman–Crippen LogP) is 3.41. The average molecular weight is 346 g/mol. The lowest BCUT2D eigenvalue weighted by Crippen LogP contribution is -2.37. The van der Waals surface area contributed by atoms with Gasteiger partial charge in [-0.25, -0.2) is 0 Å². The van der Waals surface area contributed by atoms with E-state index in [9.17, 15) is 4.79 Å². The molecule has 0 spiro atoms. The summed E-state index contributed by atoms with van der Waals surface area (Å²) in [4.78, 5) is 19.4. The van der Waals surface area contributed by atoms with Crippen LogP contribution in [0.5, 0.6) is 11.5 Å². The largest absolute Gasteiger partial charge is 0.497 e. The van der Waals surface area contributed by atoms with Crippen LogP contribution in [0.25, 0.3) is 6.08 Å². The van der Waals surface area contributed by atoms with Crippen molar-refractivity contribution in [1.82, 2.24) is 4.90 Å². The van der Waals surface area contributed by atoms with Gasteiger partial charge in [-0.15, -0.1) is 0 Å². The Kier molecular flexibility index (Phi) is 5.14. The van der Waals surface area contributed by atoms with Gasteiger partial charge in [0.25, 0.3) is 5.91 Å². The number of methoxy groups -OCH3 is 2. The number of amides is 1. The van der Waals surface area contributed by atoms with E-state index in [1.165, 1.54) is 18.2 Å². The number of rotatable bonds is 3. The molecule has 6 heteroatoms. The summed E-state index contributed by atoms with van der Waals surface area (Å²) in [5, 5.41) is 0.824. The van der Waals surface area contributed by atoms with E-state index in [0.717, 1.165) is 36.0 Å². The summed E-state index contributed by atoms with van der Waals surface area (Å²) in [6.45, 7) is 4.19. The maximum Gasteiger partial charge on any atom is 0.286 e. The Bertz CT molecular complexity index is 700. The lowest BCUT2D eigenvalue weighted by molar-refractivity contribution is -0.113. The highest BCUT2D eigenvalue weighted by molar-refractivity contribution is 8.18. The van der Waals surface area contributed by atoms with Gasteiger partial charge in [0.1, 0.15) is 11.5 Å². The lowest BCUT2D eigenvalue weighted by Gasteiger charge is -2.31. The van der Waals surface area contributed by atoms with Crippen LogP contribution in [0.3, 0.4) is 0 Å². The van der Waals surface area contributed by atoms with Crippen molar-refractivity contribution in [1.29, 1.82) is 0 Å². The fraction of sp³-hybridized carbons (Fsp3) is 0.444. The van der Waals surface area contributed by atoms with Crippen molar-refractivity contribution in [3.05, 3.63) is 28.7 Å². The highest BCUT2D eigenvalue weighted by atomic mass is 32.2. The molecule has 128 valence electrons. The third kappa shape index (κ3) is 3.59. The Hall–Kier alpha value is -1.95. The molecule has 1 saturated heterocycles. The second-order valence-electron chi connectivity index (χ2n) is 6.11. The first-order valence-electron chi connectivity index (χ1n) is 8.10. The number of aliphatic imine (C=N–C) groups is 1. The molecule has 1 fully saturated rings. The summed E-state index contributed by atoms with van der Waals surface area (Å²) in [7, 11) is 3.22. The van der Waals surface area contributed by atoms with Gasteiger partial charge in [0.15, 0.2) is 5.17 Å². The fourth-order valence-corrected chi connectivity index (χ4v) is 3.91. The highest BCUT2D eigenvalue weighted by Crippen LogP contribution is 2.34. The summed E-state index contributed by atoms with van der Waals surface area (Å²) in [6, 6.07) is 5.55. The molecule has 1 atom stereocenters. The third-order valence-electron chi connectivity index (χ3n) is 4.26. The molecular weight excluding hydrogens is 324 g/mol. The van der Waals surface area contributed by atoms with Crippen LogP contribution >= 0.6 is 11.8 Å². The molecule has 0 bridgehead atoms. The zero-order chi connectivity index (χ0) is 17.1. The Balaban J connectivity index is 1.79. The molecular formula is C18H22N2O3S. The van der Waals surface area contributed by atoms with Crippen LogP contribution in [0.15, 0.2) is 28.1 Å². The monoisotopic (exact) mass is 346 g/mol. The van der Waals surface area contributed by atoms with E-state index < -0.39 is 0 Å². The van der Waals surface area contributed by atoms with Crippen LogP contribution < -0.4 is 9.47 Å². The van der Waals surface area contributed by atoms with Gasteiger partial charge >= 0.3 is 0 Å². The molecule has 2 heterocycles. The van der Waals surface area contributed by atoms with Crippen LogP contribution in [-0.2, 0) is 4.79 Å². The number of likely N-dealkylation sites (tertiary alicyclic amines) is 1. The van der Waals surface area contributed by atoms with Gasteiger partial charge in [-0.3, -0.25) is 4.79 Å². The summed E-state index contributed by atoms with van der Waals surface area (Å²) in [5.74, 6) is 1.87. The number of piperidine rings is 1. The molecule has 0 aliphatic carbocycles. The summed E-state index contributed by atoms with van der Waals surface area (Å²) in [5.41, 5.74) is 0.845. The molecule has 1 aromatic carbocycles. The van der Waals surface area contributed by atoms with Gasteiger partial charge in [0.2, 0.25) is 0 Å². The van der Waals surface area contributed by atoms with Crippen molar-refractivity contribution in [2.75, 3.05) is 27.3 Å². The minimum absolute atomic E-state index is 0.175. The molecule has 1 aromatic rings. The normalized spacial score (nSPS) is 22.7. The number of hydrogen-bond acceptors (Lipinski definition) is 5. The molecule has 24 heavy (non-hydrogen) atoms. The standard InChI is InChI=1S/C18H22N2O3S/c1-12-5-4-8-20(11-12)18-19-17(21)16(24-18)9-13-6-7-14(22-2)10-15(13)23-3/h6-7,9-10,12H,4-5,8,11H2,1-3H3. The Morgan fingerprint density at radius 2 is 2.17 bits per heavy atom. The minimum Gasteiger partial charge on any atom is -0.497 e. The van der Waals surface area contributed by atoms with Gasteiger partial charge in [-0.05, 0) is 48.7 Å². The van der Waals surface area contributed by atoms with E-state index in [1.54, 1.807) is 14.2 Å².